The normalized spacial score (nSPS) is 14.6. The van der Waals surface area contributed by atoms with E-state index >= 15 is 0 Å². The van der Waals surface area contributed by atoms with Crippen molar-refractivity contribution in [2.45, 2.75) is 48.5 Å². The van der Waals surface area contributed by atoms with Crippen molar-refractivity contribution in [1.29, 1.82) is 0 Å². The van der Waals surface area contributed by atoms with Crippen molar-refractivity contribution in [1.82, 2.24) is 19.9 Å². The molecule has 0 fully saturated rings. The summed E-state index contributed by atoms with van der Waals surface area (Å²) < 4.78 is 1.82. The molecule has 0 saturated carbocycles. The lowest BCUT2D eigenvalue weighted by Crippen LogP contribution is -2.27. The summed E-state index contributed by atoms with van der Waals surface area (Å²) in [5, 5.41) is 13.8. The molecular formula is C25H31N7. The van der Waals surface area contributed by atoms with Crippen LogP contribution >= 0.6 is 0 Å². The lowest BCUT2D eigenvalue weighted by Gasteiger charge is -2.20. The van der Waals surface area contributed by atoms with Crippen molar-refractivity contribution in [3.05, 3.63) is 53.5 Å². The third-order valence-electron chi connectivity index (χ3n) is 5.66. The summed E-state index contributed by atoms with van der Waals surface area (Å²) in [7, 11) is 0. The molecule has 4 rings (SSSR count). The number of benzene rings is 1. The van der Waals surface area contributed by atoms with Gasteiger partial charge in [-0.05, 0) is 39.8 Å². The van der Waals surface area contributed by atoms with Gasteiger partial charge in [0.15, 0.2) is 5.82 Å². The van der Waals surface area contributed by atoms with E-state index in [2.05, 4.69) is 68.8 Å². The van der Waals surface area contributed by atoms with Crippen LogP contribution in [0.2, 0.25) is 0 Å². The van der Waals surface area contributed by atoms with Crippen LogP contribution in [0.5, 0.6) is 0 Å². The van der Waals surface area contributed by atoms with E-state index in [1.165, 1.54) is 5.56 Å². The van der Waals surface area contributed by atoms with Crippen LogP contribution in [0.1, 0.15) is 51.7 Å². The summed E-state index contributed by atoms with van der Waals surface area (Å²) in [6.45, 7) is 16.6. The first-order valence-electron chi connectivity index (χ1n) is 11.2. The van der Waals surface area contributed by atoms with Gasteiger partial charge in [0.25, 0.3) is 0 Å². The van der Waals surface area contributed by atoms with Gasteiger partial charge in [0.2, 0.25) is 5.82 Å². The van der Waals surface area contributed by atoms with E-state index in [-0.39, 0.29) is 5.41 Å². The van der Waals surface area contributed by atoms with Gasteiger partial charge < -0.3 is 4.90 Å². The molecule has 7 heteroatoms. The fraction of sp³-hybridized carbons (Fsp3) is 0.400. The highest BCUT2D eigenvalue weighted by atomic mass is 15.5. The molecule has 1 aliphatic rings. The molecule has 2 aromatic heterocycles. The quantitative estimate of drug-likeness (QED) is 0.560. The highest BCUT2D eigenvalue weighted by Crippen LogP contribution is 2.31. The van der Waals surface area contributed by atoms with Crippen LogP contribution in [0.4, 0.5) is 11.5 Å². The maximum absolute atomic E-state index is 5.00. The first kappa shape index (κ1) is 21.9. The lowest BCUT2D eigenvalue weighted by molar-refractivity contribution is 0.594. The molecule has 32 heavy (non-hydrogen) atoms. The van der Waals surface area contributed by atoms with Crippen molar-refractivity contribution in [3.63, 3.8) is 0 Å². The van der Waals surface area contributed by atoms with E-state index < -0.39 is 0 Å². The molecule has 7 nitrogen and oxygen atoms in total. The second-order valence-electron chi connectivity index (χ2n) is 9.13. The number of hydrogen-bond acceptors (Lipinski definition) is 6. The molecule has 3 aromatic rings. The van der Waals surface area contributed by atoms with E-state index in [9.17, 15) is 0 Å². The summed E-state index contributed by atoms with van der Waals surface area (Å²) >= 11 is 0. The highest BCUT2D eigenvalue weighted by molar-refractivity contribution is 6.50. The Bertz CT molecular complexity index is 1190. The zero-order valence-electron chi connectivity index (χ0n) is 20.0. The molecule has 1 aromatic carbocycles. The summed E-state index contributed by atoms with van der Waals surface area (Å²) in [5.41, 5.74) is 5.33. The molecule has 0 radical (unpaired) electrons. The largest absolute Gasteiger partial charge is 0.357 e. The van der Waals surface area contributed by atoms with E-state index in [0.29, 0.717) is 5.82 Å². The average Bonchev–Trinajstić information content (AvgIpc) is 3.31. The maximum atomic E-state index is 5.00. The molecule has 0 unspecified atom stereocenters. The number of fused-ring (bicyclic) bond motifs is 1. The topological polar surface area (TPSA) is 71.6 Å². The van der Waals surface area contributed by atoms with Crippen molar-refractivity contribution in [2.24, 2.45) is 15.5 Å². The third-order valence-corrected chi connectivity index (χ3v) is 5.66. The third kappa shape index (κ3) is 3.95. The van der Waals surface area contributed by atoms with E-state index in [4.69, 9.17) is 15.1 Å². The number of pyridine rings is 1. The first-order valence-corrected chi connectivity index (χ1v) is 11.2. The molecule has 3 heterocycles. The summed E-state index contributed by atoms with van der Waals surface area (Å²) in [6.07, 6.45) is 0. The van der Waals surface area contributed by atoms with Crippen molar-refractivity contribution in [3.8, 4) is 11.4 Å². The fourth-order valence-corrected chi connectivity index (χ4v) is 3.77. The highest BCUT2D eigenvalue weighted by Gasteiger charge is 2.35. The first-order chi connectivity index (χ1) is 15.2. The van der Waals surface area contributed by atoms with Crippen LogP contribution < -0.4 is 4.90 Å². The van der Waals surface area contributed by atoms with Crippen LogP contribution in [0.25, 0.3) is 11.4 Å². The molecule has 0 spiro atoms. The Hall–Kier alpha value is -3.35. The molecule has 0 saturated heterocycles. The second kappa shape index (κ2) is 8.30. The Labute approximate surface area is 189 Å². The van der Waals surface area contributed by atoms with Crippen LogP contribution in [0.3, 0.4) is 0 Å². The predicted octanol–water partition coefficient (Wildman–Crippen LogP) is 5.19. The van der Waals surface area contributed by atoms with E-state index in [0.717, 1.165) is 53.1 Å². The summed E-state index contributed by atoms with van der Waals surface area (Å²) in [5.74, 6) is 2.36. The number of anilines is 1. The van der Waals surface area contributed by atoms with Gasteiger partial charge in [0.1, 0.15) is 11.5 Å². The Morgan fingerprint density at radius 2 is 1.56 bits per heavy atom. The minimum Gasteiger partial charge on any atom is -0.357 e. The monoisotopic (exact) mass is 429 g/mol. The molecular weight excluding hydrogens is 398 g/mol. The number of aryl methyl sites for hydroxylation is 2. The average molecular weight is 430 g/mol. The number of rotatable bonds is 5. The number of aliphatic imine (C=N–C) groups is 1. The summed E-state index contributed by atoms with van der Waals surface area (Å²) in [4.78, 5) is 12.0. The van der Waals surface area contributed by atoms with Gasteiger partial charge in [-0.2, -0.15) is 9.78 Å². The van der Waals surface area contributed by atoms with Crippen LogP contribution in [-0.4, -0.2) is 44.4 Å². The van der Waals surface area contributed by atoms with Crippen LogP contribution in [0, 0.1) is 19.3 Å². The molecule has 0 N–H and O–H groups in total. The second-order valence-corrected chi connectivity index (χ2v) is 9.13. The molecule has 0 atom stereocenters. The maximum Gasteiger partial charge on any atom is 0.205 e. The zero-order chi connectivity index (χ0) is 23.0. The molecule has 0 bridgehead atoms. The molecule has 1 aliphatic heterocycles. The van der Waals surface area contributed by atoms with Gasteiger partial charge in [-0.25, -0.2) is 9.98 Å². The van der Waals surface area contributed by atoms with Gasteiger partial charge in [-0.1, -0.05) is 50.6 Å². The standard InChI is InChI=1S/C25H31N7/c1-8-31(9-2)20-15-14-19(17(4)26-20)27-21-22(25(5,6)7)30-32-23(28-29-24(21)32)18-12-10-16(3)11-13-18/h10-15H,8-9H2,1-7H3. The summed E-state index contributed by atoms with van der Waals surface area (Å²) in [6, 6.07) is 12.3. The minimum absolute atomic E-state index is 0.202. The fourth-order valence-electron chi connectivity index (χ4n) is 3.77. The van der Waals surface area contributed by atoms with Gasteiger partial charge in [-0.3, -0.25) is 0 Å². The van der Waals surface area contributed by atoms with Crippen molar-refractivity contribution < 1.29 is 0 Å². The number of aromatic nitrogens is 4. The molecule has 166 valence electrons. The minimum atomic E-state index is -0.202. The number of nitrogens with zero attached hydrogens (tertiary/aromatic N) is 7. The van der Waals surface area contributed by atoms with Crippen molar-refractivity contribution in [2.75, 3.05) is 18.0 Å². The van der Waals surface area contributed by atoms with Gasteiger partial charge in [0.05, 0.1) is 17.1 Å². The molecule has 0 amide bonds. The molecule has 0 aliphatic carbocycles. The Morgan fingerprint density at radius 3 is 2.16 bits per heavy atom. The van der Waals surface area contributed by atoms with Crippen molar-refractivity contribution >= 4 is 22.9 Å². The smallest absolute Gasteiger partial charge is 0.205 e. The van der Waals surface area contributed by atoms with Gasteiger partial charge in [-0.15, -0.1) is 10.2 Å². The lowest BCUT2D eigenvalue weighted by atomic mass is 9.87. The number of hydrogen-bond donors (Lipinski definition) is 0. The van der Waals surface area contributed by atoms with E-state index in [1.54, 1.807) is 0 Å². The van der Waals surface area contributed by atoms with Gasteiger partial charge in [0, 0.05) is 24.1 Å². The SMILES string of the molecule is CCN(CC)c1ccc(N=C2C(C(C)(C)C)=Nn3c2nnc3-c2ccc(C)cc2)c(C)n1. The zero-order valence-corrected chi connectivity index (χ0v) is 20.0. The van der Waals surface area contributed by atoms with Gasteiger partial charge >= 0.3 is 0 Å². The Balaban J connectivity index is 1.81. The van der Waals surface area contributed by atoms with Crippen LogP contribution in [-0.2, 0) is 0 Å². The van der Waals surface area contributed by atoms with E-state index in [1.807, 2.05) is 35.9 Å². The predicted molar refractivity (Wildman–Crippen MR) is 131 cm³/mol. The Morgan fingerprint density at radius 1 is 0.906 bits per heavy atom. The van der Waals surface area contributed by atoms with Crippen LogP contribution in [0.15, 0.2) is 46.5 Å². The Kier molecular flexibility index (Phi) is 5.67.